The Morgan fingerprint density at radius 1 is 1.00 bits per heavy atom. The van der Waals surface area contributed by atoms with Crippen molar-refractivity contribution >= 4 is 23.7 Å². The number of nitrogens with zero attached hydrogens (tertiary/aromatic N) is 2. The Hall–Kier alpha value is -4.71. The number of benzene rings is 3. The molecule has 0 unspecified atom stereocenters. The molecule has 9 heteroatoms. The maximum atomic E-state index is 13.6. The van der Waals surface area contributed by atoms with E-state index < -0.39 is 17.6 Å². The lowest BCUT2D eigenvalue weighted by molar-refractivity contribution is -0.124. The van der Waals surface area contributed by atoms with Crippen molar-refractivity contribution in [3.05, 3.63) is 89.2 Å². The number of carbonyl (C=O) groups excluding carboxylic acids is 2. The zero-order valence-electron chi connectivity index (χ0n) is 19.7. The van der Waals surface area contributed by atoms with Gasteiger partial charge in [0.15, 0.2) is 11.5 Å². The minimum Gasteiger partial charge on any atom is -0.490 e. The summed E-state index contributed by atoms with van der Waals surface area (Å²) in [7, 11) is 0. The van der Waals surface area contributed by atoms with Crippen LogP contribution in [0.3, 0.4) is 0 Å². The van der Waals surface area contributed by atoms with E-state index in [1.807, 2.05) is 19.1 Å². The molecule has 2 N–H and O–H groups in total. The molecular weight excluding hydrogens is 463 g/mol. The van der Waals surface area contributed by atoms with E-state index in [0.717, 1.165) is 5.56 Å². The average Bonchev–Trinajstić information content (AvgIpc) is 2.88. The van der Waals surface area contributed by atoms with E-state index in [4.69, 9.17) is 9.47 Å². The molecule has 3 aromatic carbocycles. The van der Waals surface area contributed by atoms with Crippen LogP contribution in [-0.2, 0) is 16.2 Å². The van der Waals surface area contributed by atoms with Crippen molar-refractivity contribution in [3.8, 4) is 17.6 Å². The number of amides is 2. The molecular formula is C27H25FN4O4. The fourth-order valence-corrected chi connectivity index (χ4v) is 3.14. The van der Waals surface area contributed by atoms with Crippen molar-refractivity contribution in [2.24, 2.45) is 5.10 Å². The minimum atomic E-state index is -0.547. The zero-order valence-corrected chi connectivity index (χ0v) is 19.7. The Morgan fingerprint density at radius 2 is 1.75 bits per heavy atom. The highest BCUT2D eigenvalue weighted by molar-refractivity contribution is 5.93. The van der Waals surface area contributed by atoms with Crippen LogP contribution >= 0.6 is 0 Å². The van der Waals surface area contributed by atoms with E-state index in [-0.39, 0.29) is 25.1 Å². The van der Waals surface area contributed by atoms with Gasteiger partial charge in [-0.2, -0.15) is 10.4 Å². The number of para-hydroxylation sites is 1. The third-order valence-electron chi connectivity index (χ3n) is 4.92. The number of nitrogens with one attached hydrogen (secondary N) is 2. The lowest BCUT2D eigenvalue weighted by Gasteiger charge is -2.13. The van der Waals surface area contributed by atoms with Gasteiger partial charge in [-0.05, 0) is 48.9 Å². The third kappa shape index (κ3) is 7.67. The molecule has 2 amide bonds. The van der Waals surface area contributed by atoms with Gasteiger partial charge >= 0.3 is 0 Å². The van der Waals surface area contributed by atoms with E-state index in [0.29, 0.717) is 29.2 Å². The predicted molar refractivity (Wildman–Crippen MR) is 133 cm³/mol. The summed E-state index contributed by atoms with van der Waals surface area (Å²) in [5, 5.41) is 15.6. The molecule has 0 fully saturated rings. The first kappa shape index (κ1) is 25.9. The number of rotatable bonds is 11. The first-order chi connectivity index (χ1) is 17.5. The van der Waals surface area contributed by atoms with Crippen LogP contribution in [0.5, 0.6) is 11.5 Å². The molecule has 0 spiro atoms. The van der Waals surface area contributed by atoms with Crippen LogP contribution in [0.25, 0.3) is 0 Å². The van der Waals surface area contributed by atoms with Gasteiger partial charge in [-0.1, -0.05) is 30.3 Å². The van der Waals surface area contributed by atoms with Crippen LogP contribution in [0.2, 0.25) is 0 Å². The van der Waals surface area contributed by atoms with Crippen LogP contribution in [0.4, 0.5) is 10.1 Å². The molecule has 0 atom stereocenters. The molecule has 36 heavy (non-hydrogen) atoms. The number of anilines is 1. The van der Waals surface area contributed by atoms with Crippen molar-refractivity contribution in [1.29, 1.82) is 5.26 Å². The molecule has 0 saturated carbocycles. The Bertz CT molecular complexity index is 1290. The monoisotopic (exact) mass is 488 g/mol. The third-order valence-corrected chi connectivity index (χ3v) is 4.92. The summed E-state index contributed by atoms with van der Waals surface area (Å²) in [4.78, 5) is 23.9. The molecule has 0 aromatic heterocycles. The number of nitriles is 1. The normalized spacial score (nSPS) is 10.5. The van der Waals surface area contributed by atoms with Crippen molar-refractivity contribution in [2.45, 2.75) is 26.4 Å². The van der Waals surface area contributed by atoms with Crippen LogP contribution in [-0.4, -0.2) is 24.6 Å². The van der Waals surface area contributed by atoms with Crippen LogP contribution < -0.4 is 20.2 Å². The van der Waals surface area contributed by atoms with E-state index in [9.17, 15) is 19.2 Å². The molecule has 0 radical (unpaired) electrons. The van der Waals surface area contributed by atoms with E-state index in [1.54, 1.807) is 36.4 Å². The maximum Gasteiger partial charge on any atom is 0.240 e. The van der Waals surface area contributed by atoms with Gasteiger partial charge in [-0.25, -0.2) is 9.82 Å². The number of carbonyl (C=O) groups is 2. The summed E-state index contributed by atoms with van der Waals surface area (Å²) in [6.45, 7) is 2.47. The molecule has 0 aliphatic rings. The highest BCUT2D eigenvalue weighted by atomic mass is 19.1. The SMILES string of the molecule is CCOc1cc(C=NNC(=O)CCC(=O)Nc2ccccc2F)ccc1OCc1ccccc1C#N. The van der Waals surface area contributed by atoms with Crippen molar-refractivity contribution in [1.82, 2.24) is 5.43 Å². The van der Waals surface area contributed by atoms with Gasteiger partial charge in [-0.3, -0.25) is 9.59 Å². The quantitative estimate of drug-likeness (QED) is 0.304. The van der Waals surface area contributed by atoms with Crippen LogP contribution in [0.1, 0.15) is 36.5 Å². The summed E-state index contributed by atoms with van der Waals surface area (Å²) in [5.74, 6) is -0.488. The van der Waals surface area contributed by atoms with Crippen molar-refractivity contribution < 1.29 is 23.5 Å². The standard InChI is InChI=1S/C27H25FN4O4/c1-2-35-25-15-19(11-12-24(25)36-18-21-8-4-3-7-20(21)16-29)17-30-32-27(34)14-13-26(33)31-23-10-6-5-9-22(23)28/h3-12,15,17H,2,13-14,18H2,1H3,(H,31,33)(H,32,34). The number of halogens is 1. The maximum absolute atomic E-state index is 13.6. The molecule has 8 nitrogen and oxygen atoms in total. The zero-order chi connectivity index (χ0) is 25.8. The molecule has 0 saturated heterocycles. The van der Waals surface area contributed by atoms with E-state index >= 15 is 0 Å². The Kier molecular flexibility index (Phi) is 9.53. The molecule has 3 rings (SSSR count). The highest BCUT2D eigenvalue weighted by Crippen LogP contribution is 2.29. The van der Waals surface area contributed by atoms with Gasteiger partial charge in [0.2, 0.25) is 11.8 Å². The van der Waals surface area contributed by atoms with Crippen molar-refractivity contribution in [3.63, 3.8) is 0 Å². The lowest BCUT2D eigenvalue weighted by atomic mass is 10.1. The predicted octanol–water partition coefficient (Wildman–Crippen LogP) is 4.54. The summed E-state index contributed by atoms with van der Waals surface area (Å²) < 4.78 is 25.1. The fourth-order valence-electron chi connectivity index (χ4n) is 3.14. The molecule has 3 aromatic rings. The van der Waals surface area contributed by atoms with E-state index in [1.165, 1.54) is 24.4 Å². The first-order valence-electron chi connectivity index (χ1n) is 11.2. The highest BCUT2D eigenvalue weighted by Gasteiger charge is 2.10. The second-order valence-electron chi connectivity index (χ2n) is 7.52. The van der Waals surface area contributed by atoms with Gasteiger partial charge in [0.05, 0.1) is 30.1 Å². The van der Waals surface area contributed by atoms with Gasteiger partial charge in [0, 0.05) is 18.4 Å². The minimum absolute atomic E-state index is 0.0627. The Morgan fingerprint density at radius 3 is 2.53 bits per heavy atom. The number of hydrazone groups is 1. The lowest BCUT2D eigenvalue weighted by Crippen LogP contribution is -2.21. The van der Waals surface area contributed by atoms with Crippen LogP contribution in [0.15, 0.2) is 71.8 Å². The van der Waals surface area contributed by atoms with Crippen molar-refractivity contribution in [2.75, 3.05) is 11.9 Å². The second-order valence-corrected chi connectivity index (χ2v) is 7.52. The average molecular weight is 489 g/mol. The van der Waals surface area contributed by atoms with Gasteiger partial charge < -0.3 is 14.8 Å². The topological polar surface area (TPSA) is 113 Å². The molecule has 0 heterocycles. The van der Waals surface area contributed by atoms with Gasteiger partial charge in [-0.15, -0.1) is 0 Å². The second kappa shape index (κ2) is 13.2. The molecule has 0 bridgehead atoms. The Balaban J connectivity index is 1.52. The van der Waals surface area contributed by atoms with Crippen LogP contribution in [0, 0.1) is 17.1 Å². The summed E-state index contributed by atoms with van der Waals surface area (Å²) in [6, 6.07) is 20.3. The number of hydrogen-bond donors (Lipinski definition) is 2. The smallest absolute Gasteiger partial charge is 0.240 e. The number of ether oxygens (including phenoxy) is 2. The summed E-state index contributed by atoms with van der Waals surface area (Å²) in [5.41, 5.74) is 4.38. The largest absolute Gasteiger partial charge is 0.490 e. The molecule has 0 aliphatic heterocycles. The summed E-state index contributed by atoms with van der Waals surface area (Å²) >= 11 is 0. The Labute approximate surface area is 208 Å². The molecule has 184 valence electrons. The number of hydrogen-bond acceptors (Lipinski definition) is 6. The van der Waals surface area contributed by atoms with E-state index in [2.05, 4.69) is 21.9 Å². The first-order valence-corrected chi connectivity index (χ1v) is 11.2. The van der Waals surface area contributed by atoms with Gasteiger partial charge in [0.25, 0.3) is 0 Å². The summed E-state index contributed by atoms with van der Waals surface area (Å²) in [6.07, 6.45) is 1.21. The van der Waals surface area contributed by atoms with Gasteiger partial charge in [0.1, 0.15) is 12.4 Å². The fraction of sp³-hybridized carbons (Fsp3) is 0.185. The molecule has 0 aliphatic carbocycles.